The lowest BCUT2D eigenvalue weighted by Gasteiger charge is -2.31. The van der Waals surface area contributed by atoms with Crippen molar-refractivity contribution in [1.29, 1.82) is 0 Å². The fourth-order valence-corrected chi connectivity index (χ4v) is 5.04. The highest BCUT2D eigenvalue weighted by Gasteiger charge is 2.35. The summed E-state index contributed by atoms with van der Waals surface area (Å²) < 4.78 is 39.7. The Morgan fingerprint density at radius 1 is 1.31 bits per heavy atom. The van der Waals surface area contributed by atoms with Crippen LogP contribution >= 0.6 is 22.9 Å². The third-order valence-electron chi connectivity index (χ3n) is 5.99. The van der Waals surface area contributed by atoms with Crippen LogP contribution in [-0.4, -0.2) is 61.7 Å². The van der Waals surface area contributed by atoms with Crippen LogP contribution in [0, 0.1) is 6.92 Å². The Balaban J connectivity index is 1.36. The van der Waals surface area contributed by atoms with Gasteiger partial charge in [-0.25, -0.2) is 9.97 Å². The molecule has 1 aliphatic rings. The zero-order valence-electron chi connectivity index (χ0n) is 19.3. The minimum Gasteiger partial charge on any atom is -0.504 e. The van der Waals surface area contributed by atoms with E-state index in [0.717, 1.165) is 15.8 Å². The summed E-state index contributed by atoms with van der Waals surface area (Å²) in [7, 11) is 1.52. The fraction of sp³-hybridized carbons (Fsp3) is 0.409. The van der Waals surface area contributed by atoms with E-state index in [2.05, 4.69) is 15.1 Å². The highest BCUT2D eigenvalue weighted by atomic mass is 35.5. The van der Waals surface area contributed by atoms with E-state index >= 15 is 0 Å². The number of aromatic nitrogens is 4. The second-order valence-corrected chi connectivity index (χ2v) is 9.68. The number of nitrogens with zero attached hydrogens (tertiary/aromatic N) is 6. The Hall–Kier alpha value is -3.19. The molecule has 1 saturated heterocycles. The summed E-state index contributed by atoms with van der Waals surface area (Å²) in [6, 6.07) is 2.30. The lowest BCUT2D eigenvalue weighted by Crippen LogP contribution is -2.40. The minimum atomic E-state index is -4.56. The summed E-state index contributed by atoms with van der Waals surface area (Å²) in [4.78, 5) is 36.8. The average Bonchev–Trinajstić information content (AvgIpc) is 3.47. The molecule has 192 valence electrons. The van der Waals surface area contributed by atoms with Gasteiger partial charge in [0.25, 0.3) is 5.91 Å². The van der Waals surface area contributed by atoms with Crippen molar-refractivity contribution in [2.24, 2.45) is 0 Å². The molecule has 0 saturated carbocycles. The van der Waals surface area contributed by atoms with Gasteiger partial charge in [0.1, 0.15) is 12.4 Å². The van der Waals surface area contributed by atoms with Gasteiger partial charge in [-0.3, -0.25) is 19.2 Å². The largest absolute Gasteiger partial charge is 0.504 e. The summed E-state index contributed by atoms with van der Waals surface area (Å²) in [5.41, 5.74) is -0.933. The number of aromatic hydroxyl groups is 1. The molecule has 36 heavy (non-hydrogen) atoms. The predicted molar refractivity (Wildman–Crippen MR) is 126 cm³/mol. The predicted octanol–water partition coefficient (Wildman–Crippen LogP) is 4.10. The molecule has 2 amide bonds. The van der Waals surface area contributed by atoms with E-state index in [9.17, 15) is 27.9 Å². The maximum atomic E-state index is 12.9. The smallest absolute Gasteiger partial charge is 0.435 e. The molecule has 9 nitrogen and oxygen atoms in total. The van der Waals surface area contributed by atoms with E-state index in [1.807, 2.05) is 0 Å². The summed E-state index contributed by atoms with van der Waals surface area (Å²) in [6.45, 7) is 2.08. The van der Waals surface area contributed by atoms with Crippen LogP contribution < -0.4 is 4.90 Å². The number of aryl methyl sites for hydroxylation is 1. The number of rotatable bonds is 5. The van der Waals surface area contributed by atoms with Crippen molar-refractivity contribution in [1.82, 2.24) is 24.6 Å². The number of amides is 2. The topological polar surface area (TPSA) is 104 Å². The number of carbonyl (C=O) groups is 2. The number of anilines is 1. The Labute approximate surface area is 213 Å². The van der Waals surface area contributed by atoms with Gasteiger partial charge in [0.05, 0.1) is 10.0 Å². The zero-order chi connectivity index (χ0) is 26.2. The Morgan fingerprint density at radius 2 is 2.00 bits per heavy atom. The normalized spacial score (nSPS) is 14.8. The van der Waals surface area contributed by atoms with Crippen molar-refractivity contribution >= 4 is 40.6 Å². The van der Waals surface area contributed by atoms with Crippen LogP contribution in [0.1, 0.15) is 45.6 Å². The zero-order valence-corrected chi connectivity index (χ0v) is 20.9. The SMILES string of the molecule is Cc1cc(C(F)(F)F)nn1CC(=O)N1CCC(c2nc(N(C)C(=O)c3nccc(Cl)c3O)cs2)CC1. The van der Waals surface area contributed by atoms with Gasteiger partial charge in [-0.1, -0.05) is 11.6 Å². The van der Waals surface area contributed by atoms with Crippen molar-refractivity contribution in [3.05, 3.63) is 50.8 Å². The van der Waals surface area contributed by atoms with E-state index in [4.69, 9.17) is 11.6 Å². The molecule has 1 N–H and O–H groups in total. The van der Waals surface area contributed by atoms with Gasteiger partial charge in [-0.2, -0.15) is 18.3 Å². The van der Waals surface area contributed by atoms with Crippen LogP contribution in [0.2, 0.25) is 5.02 Å². The first-order valence-electron chi connectivity index (χ1n) is 10.9. The Bertz CT molecular complexity index is 1290. The summed E-state index contributed by atoms with van der Waals surface area (Å²) in [6.07, 6.45) is -1.99. The lowest BCUT2D eigenvalue weighted by atomic mass is 9.97. The number of carbonyl (C=O) groups excluding carboxylic acids is 2. The second-order valence-electron chi connectivity index (χ2n) is 8.38. The van der Waals surface area contributed by atoms with Gasteiger partial charge in [-0.15, -0.1) is 11.3 Å². The van der Waals surface area contributed by atoms with Crippen molar-refractivity contribution in [3.63, 3.8) is 0 Å². The first-order chi connectivity index (χ1) is 17.0. The number of halogens is 4. The molecule has 0 bridgehead atoms. The molecule has 4 rings (SSSR count). The van der Waals surface area contributed by atoms with Crippen molar-refractivity contribution in [3.8, 4) is 5.75 Å². The van der Waals surface area contributed by atoms with Crippen LogP contribution in [0.5, 0.6) is 5.75 Å². The molecule has 0 aromatic carbocycles. The molecule has 4 heterocycles. The molecule has 0 radical (unpaired) electrons. The van der Waals surface area contributed by atoms with Crippen LogP contribution in [0.25, 0.3) is 0 Å². The lowest BCUT2D eigenvalue weighted by molar-refractivity contribution is -0.142. The van der Waals surface area contributed by atoms with Gasteiger partial charge in [0, 0.05) is 43.3 Å². The van der Waals surface area contributed by atoms with E-state index in [-0.39, 0.29) is 34.8 Å². The molecular formula is C22H22ClF3N6O3S. The number of piperidine rings is 1. The van der Waals surface area contributed by atoms with E-state index in [1.54, 1.807) is 10.3 Å². The maximum absolute atomic E-state index is 12.9. The Morgan fingerprint density at radius 3 is 2.64 bits per heavy atom. The van der Waals surface area contributed by atoms with E-state index in [0.29, 0.717) is 31.7 Å². The van der Waals surface area contributed by atoms with Crippen molar-refractivity contribution in [2.45, 2.75) is 38.4 Å². The van der Waals surface area contributed by atoms with Gasteiger partial charge in [0.15, 0.2) is 17.1 Å². The molecule has 0 spiro atoms. The molecule has 1 aliphatic heterocycles. The summed E-state index contributed by atoms with van der Waals surface area (Å²) in [5.74, 6) is -0.794. The summed E-state index contributed by atoms with van der Waals surface area (Å²) in [5, 5.41) is 16.1. The Kier molecular flexibility index (Phi) is 7.23. The van der Waals surface area contributed by atoms with Gasteiger partial charge in [0.2, 0.25) is 5.91 Å². The van der Waals surface area contributed by atoms with Crippen LogP contribution in [0.15, 0.2) is 23.7 Å². The number of likely N-dealkylation sites (tertiary alicyclic amines) is 1. The van der Waals surface area contributed by atoms with Gasteiger partial charge in [-0.05, 0) is 31.9 Å². The molecule has 1 fully saturated rings. The molecule has 3 aromatic heterocycles. The second kappa shape index (κ2) is 10.1. The van der Waals surface area contributed by atoms with Crippen LogP contribution in [0.4, 0.5) is 19.0 Å². The molecule has 3 aromatic rings. The minimum absolute atomic E-state index is 0.0190. The van der Waals surface area contributed by atoms with Gasteiger partial charge < -0.3 is 10.0 Å². The highest BCUT2D eigenvalue weighted by Crippen LogP contribution is 2.34. The van der Waals surface area contributed by atoms with Crippen molar-refractivity contribution in [2.75, 3.05) is 25.0 Å². The molecule has 0 unspecified atom stereocenters. The monoisotopic (exact) mass is 542 g/mol. The first kappa shape index (κ1) is 25.9. The van der Waals surface area contributed by atoms with Crippen LogP contribution in [-0.2, 0) is 17.5 Å². The molecule has 0 atom stereocenters. The molecule has 0 aliphatic carbocycles. The highest BCUT2D eigenvalue weighted by molar-refractivity contribution is 7.10. The maximum Gasteiger partial charge on any atom is 0.435 e. The molecular weight excluding hydrogens is 521 g/mol. The average molecular weight is 543 g/mol. The number of hydrogen-bond donors (Lipinski definition) is 1. The number of hydrogen-bond acceptors (Lipinski definition) is 7. The third kappa shape index (κ3) is 5.31. The number of thiazole rings is 1. The number of alkyl halides is 3. The van der Waals surface area contributed by atoms with Gasteiger partial charge >= 0.3 is 6.18 Å². The standard InChI is InChI=1S/C22H22ClF3N6O3S/c1-12-9-15(22(24,25)26)29-32(12)10-17(33)31-7-4-13(5-8-31)20-28-16(11-36-20)30(2)21(35)18-19(34)14(23)3-6-27-18/h3,6,9,11,13,34H,4-5,7-8,10H2,1-2H3. The van der Waals surface area contributed by atoms with Crippen LogP contribution in [0.3, 0.4) is 0 Å². The third-order valence-corrected chi connectivity index (χ3v) is 7.29. The molecule has 14 heteroatoms. The van der Waals surface area contributed by atoms with E-state index < -0.39 is 23.5 Å². The number of pyridine rings is 1. The quantitative estimate of drug-likeness (QED) is 0.520. The fourth-order valence-electron chi connectivity index (χ4n) is 3.88. The van der Waals surface area contributed by atoms with Crippen molar-refractivity contribution < 1.29 is 27.9 Å². The first-order valence-corrected chi connectivity index (χ1v) is 12.2. The van der Waals surface area contributed by atoms with E-state index in [1.165, 1.54) is 42.5 Å². The summed E-state index contributed by atoms with van der Waals surface area (Å²) >= 11 is 7.25.